The van der Waals surface area contributed by atoms with Gasteiger partial charge in [0.1, 0.15) is 5.69 Å². The molecule has 3 N–H and O–H groups in total. The highest BCUT2D eigenvalue weighted by Gasteiger charge is 2.38. The zero-order valence-corrected chi connectivity index (χ0v) is 10.0. The lowest BCUT2D eigenvalue weighted by molar-refractivity contribution is -0.151. The van der Waals surface area contributed by atoms with Crippen LogP contribution in [0.1, 0.15) is 18.5 Å². The average molecular weight is 268 g/mol. The van der Waals surface area contributed by atoms with Crippen LogP contribution in [0.25, 0.3) is 0 Å². The molecule has 0 aromatic carbocycles. The first-order valence-corrected chi connectivity index (χ1v) is 6.06. The molecule has 1 aliphatic carbocycles. The Morgan fingerprint density at radius 3 is 2.89 bits per heavy atom. The Morgan fingerprint density at radius 2 is 2.44 bits per heavy atom. The minimum atomic E-state index is -1.09. The number of aromatic nitrogens is 1. The van der Waals surface area contributed by atoms with Crippen LogP contribution in [0, 0.1) is 5.92 Å². The van der Waals surface area contributed by atoms with Crippen LogP contribution in [-0.4, -0.2) is 34.2 Å². The summed E-state index contributed by atoms with van der Waals surface area (Å²) in [6.45, 7) is 0. The van der Waals surface area contributed by atoms with Crippen molar-refractivity contribution in [1.29, 1.82) is 0 Å². The van der Waals surface area contributed by atoms with Crippen molar-refractivity contribution in [3.05, 3.63) is 11.1 Å². The average Bonchev–Trinajstić information content (AvgIpc) is 3.07. The second kappa shape index (κ2) is 5.13. The van der Waals surface area contributed by atoms with Gasteiger partial charge in [-0.05, 0) is 12.8 Å². The normalized spacial score (nSPS) is 17.2. The van der Waals surface area contributed by atoms with Crippen LogP contribution in [0.3, 0.4) is 0 Å². The summed E-state index contributed by atoms with van der Waals surface area (Å²) in [5.41, 5.74) is 5.46. The van der Waals surface area contributed by atoms with E-state index < -0.39 is 12.1 Å². The summed E-state index contributed by atoms with van der Waals surface area (Å²) in [5, 5.41) is 14.2. The number of hydrogen-bond donors (Lipinski definition) is 2. The fourth-order valence-corrected chi connectivity index (χ4v) is 1.90. The molecule has 1 fully saturated rings. The number of thiazole rings is 1. The molecule has 95 valence electrons. The number of nitrogen functional groups attached to an aromatic ring is 1. The Hall–Kier alpha value is -1.96. The molecule has 1 aromatic heterocycles. The van der Waals surface area contributed by atoms with Crippen molar-refractivity contribution in [2.45, 2.75) is 18.9 Å². The Bertz CT molecular complexity index is 495. The summed E-state index contributed by atoms with van der Waals surface area (Å²) in [4.78, 5) is 30.4. The van der Waals surface area contributed by atoms with E-state index in [-0.39, 0.29) is 22.5 Å². The third kappa shape index (κ3) is 2.83. The second-order valence-corrected chi connectivity index (χ2v) is 4.70. The molecule has 1 aliphatic rings. The number of hydrogen-bond acceptors (Lipinski definition) is 7. The van der Waals surface area contributed by atoms with Gasteiger partial charge in [-0.25, -0.2) is 9.78 Å². The Balaban J connectivity index is 2.09. The number of carbonyl (C=O) groups excluding carboxylic acids is 1. The maximum Gasteiger partial charge on any atom is 0.348 e. The predicted octanol–water partition coefficient (Wildman–Crippen LogP) is 0.419. The van der Waals surface area contributed by atoms with E-state index in [1.54, 1.807) is 6.29 Å². The van der Waals surface area contributed by atoms with Gasteiger partial charge in [-0.1, -0.05) is 5.16 Å². The number of carboxylic acid groups (broad SMARTS) is 1. The van der Waals surface area contributed by atoms with Gasteiger partial charge < -0.3 is 15.7 Å². The molecule has 1 unspecified atom stereocenters. The van der Waals surface area contributed by atoms with E-state index in [1.165, 1.54) is 5.38 Å². The molecule has 18 heavy (non-hydrogen) atoms. The van der Waals surface area contributed by atoms with Gasteiger partial charge in [0, 0.05) is 11.3 Å². The van der Waals surface area contributed by atoms with Crippen molar-refractivity contribution >= 4 is 34.4 Å². The van der Waals surface area contributed by atoms with Crippen LogP contribution in [0.4, 0.5) is 5.13 Å². The zero-order valence-electron chi connectivity index (χ0n) is 9.20. The summed E-state index contributed by atoms with van der Waals surface area (Å²) < 4.78 is 0. The van der Waals surface area contributed by atoms with Gasteiger partial charge in [0.15, 0.2) is 10.8 Å². The lowest BCUT2D eigenvalue weighted by atomic mass is 10.2. The van der Waals surface area contributed by atoms with E-state index in [1.807, 2.05) is 0 Å². The fourth-order valence-electron chi connectivity index (χ4n) is 1.36. The number of carboxylic acids is 1. The molecule has 8 heteroatoms. The van der Waals surface area contributed by atoms with Gasteiger partial charge in [-0.3, -0.25) is 4.79 Å². The molecule has 7 nitrogen and oxygen atoms in total. The summed E-state index contributed by atoms with van der Waals surface area (Å²) in [6.07, 6.45) is 2.11. The van der Waals surface area contributed by atoms with Crippen molar-refractivity contribution in [3.63, 3.8) is 0 Å². The number of anilines is 1. The molecule has 1 radical (unpaired) electrons. The zero-order chi connectivity index (χ0) is 13.1. The number of nitrogens with zero attached hydrogens (tertiary/aromatic N) is 2. The monoisotopic (exact) mass is 268 g/mol. The van der Waals surface area contributed by atoms with E-state index in [0.717, 1.165) is 24.2 Å². The molecule has 0 amide bonds. The van der Waals surface area contributed by atoms with Crippen LogP contribution in [0.5, 0.6) is 0 Å². The van der Waals surface area contributed by atoms with Crippen LogP contribution in [-0.2, 0) is 14.4 Å². The Morgan fingerprint density at radius 1 is 1.72 bits per heavy atom. The molecule has 1 atom stereocenters. The molecule has 2 rings (SSSR count). The predicted molar refractivity (Wildman–Crippen MR) is 64.0 cm³/mol. The van der Waals surface area contributed by atoms with Gasteiger partial charge in [0.2, 0.25) is 6.10 Å². The number of rotatable bonds is 6. The molecule has 0 spiro atoms. The van der Waals surface area contributed by atoms with E-state index in [9.17, 15) is 9.59 Å². The van der Waals surface area contributed by atoms with E-state index >= 15 is 0 Å². The van der Waals surface area contributed by atoms with Gasteiger partial charge in [0.25, 0.3) is 6.29 Å². The molecule has 1 aromatic rings. The van der Waals surface area contributed by atoms with Crippen LogP contribution < -0.4 is 5.73 Å². The van der Waals surface area contributed by atoms with Gasteiger partial charge in [-0.15, -0.1) is 11.3 Å². The fraction of sp³-hybridized carbons (Fsp3) is 0.400. The summed E-state index contributed by atoms with van der Waals surface area (Å²) in [7, 11) is 0. The van der Waals surface area contributed by atoms with E-state index in [0.29, 0.717) is 0 Å². The minimum absolute atomic E-state index is 0.0420. The molecule has 1 saturated carbocycles. The van der Waals surface area contributed by atoms with Gasteiger partial charge in [-0.2, -0.15) is 0 Å². The quantitative estimate of drug-likeness (QED) is 0.570. The van der Waals surface area contributed by atoms with Crippen LogP contribution in [0.2, 0.25) is 0 Å². The first-order chi connectivity index (χ1) is 8.61. The molecule has 0 aliphatic heterocycles. The summed E-state index contributed by atoms with van der Waals surface area (Å²) in [5.74, 6) is -1.14. The lowest BCUT2D eigenvalue weighted by Gasteiger charge is -2.08. The maximum absolute atomic E-state index is 10.9. The number of carbonyl (C=O) groups is 1. The molecule has 0 bridgehead atoms. The third-order valence-corrected chi connectivity index (χ3v) is 3.09. The molecular formula is C10H10N3O4S. The number of oxime groups is 1. The minimum Gasteiger partial charge on any atom is -0.478 e. The highest BCUT2D eigenvalue weighted by molar-refractivity contribution is 7.13. The van der Waals surface area contributed by atoms with Crippen molar-refractivity contribution in [1.82, 2.24) is 4.98 Å². The Kier molecular flexibility index (Phi) is 3.56. The summed E-state index contributed by atoms with van der Waals surface area (Å²) in [6, 6.07) is 0. The van der Waals surface area contributed by atoms with E-state index in [4.69, 9.17) is 15.7 Å². The SMILES string of the molecule is Nc1nc(C([C]=O)=NOC(C(=O)O)C2CC2)cs1. The van der Waals surface area contributed by atoms with E-state index in [2.05, 4.69) is 10.1 Å². The van der Waals surface area contributed by atoms with Crippen molar-refractivity contribution < 1.29 is 19.5 Å². The third-order valence-electron chi connectivity index (χ3n) is 2.41. The highest BCUT2D eigenvalue weighted by Crippen LogP contribution is 2.34. The van der Waals surface area contributed by atoms with Gasteiger partial charge in [0.05, 0.1) is 0 Å². The number of nitrogens with two attached hydrogens (primary N) is 1. The standard InChI is InChI=1S/C10H10N3O4S/c11-10-12-7(4-18-10)6(3-14)13-17-8(9(15)16)5-1-2-5/h4-5,8H,1-2H2,(H2,11,12)(H,15,16). The van der Waals surface area contributed by atoms with Crippen molar-refractivity contribution in [2.75, 3.05) is 5.73 Å². The van der Waals surface area contributed by atoms with Crippen LogP contribution in [0.15, 0.2) is 10.5 Å². The van der Waals surface area contributed by atoms with Gasteiger partial charge >= 0.3 is 5.97 Å². The first-order valence-electron chi connectivity index (χ1n) is 5.18. The second-order valence-electron chi connectivity index (χ2n) is 3.81. The highest BCUT2D eigenvalue weighted by atomic mass is 32.1. The lowest BCUT2D eigenvalue weighted by Crippen LogP contribution is -2.25. The molecule has 0 saturated heterocycles. The smallest absolute Gasteiger partial charge is 0.348 e. The number of aliphatic carboxylic acids is 1. The summed E-state index contributed by atoms with van der Waals surface area (Å²) >= 11 is 1.14. The molecule has 1 heterocycles. The largest absolute Gasteiger partial charge is 0.478 e. The van der Waals surface area contributed by atoms with Crippen molar-refractivity contribution in [2.24, 2.45) is 11.1 Å². The molecular weight excluding hydrogens is 258 g/mol. The topological polar surface area (TPSA) is 115 Å². The van der Waals surface area contributed by atoms with Crippen molar-refractivity contribution in [3.8, 4) is 0 Å². The van der Waals surface area contributed by atoms with Crippen LogP contribution >= 0.6 is 11.3 Å². The Labute approximate surface area is 106 Å². The maximum atomic E-state index is 10.9. The first kappa shape index (κ1) is 12.5.